The van der Waals surface area contributed by atoms with E-state index in [0.717, 1.165) is 18.9 Å². The molecule has 0 aliphatic carbocycles. The van der Waals surface area contributed by atoms with Gasteiger partial charge < -0.3 is 15.0 Å². The van der Waals surface area contributed by atoms with Gasteiger partial charge in [-0.3, -0.25) is 0 Å². The molecule has 0 radical (unpaired) electrons. The van der Waals surface area contributed by atoms with Crippen molar-refractivity contribution < 1.29 is 15.0 Å². The summed E-state index contributed by atoms with van der Waals surface area (Å²) in [6.07, 6.45) is 2.80. The third-order valence-corrected chi connectivity index (χ3v) is 4.31. The lowest BCUT2D eigenvalue weighted by Crippen LogP contribution is -3.13. The number of quaternary nitrogens is 2. The first-order valence-electron chi connectivity index (χ1n) is 7.30. The molecule has 0 unspecified atom stereocenters. The van der Waals surface area contributed by atoms with Crippen LogP contribution >= 0.6 is 0 Å². The summed E-state index contributed by atoms with van der Waals surface area (Å²) in [5.41, 5.74) is 3.05. The van der Waals surface area contributed by atoms with E-state index in [0.29, 0.717) is 6.04 Å². The summed E-state index contributed by atoms with van der Waals surface area (Å²) in [5.74, 6) is 1.03. The number of nitrogens with one attached hydrogen (secondary N) is 1. The third-order valence-electron chi connectivity index (χ3n) is 4.31. The van der Waals surface area contributed by atoms with E-state index in [9.17, 15) is 0 Å². The van der Waals surface area contributed by atoms with Gasteiger partial charge in [0.15, 0.2) is 6.04 Å². The van der Waals surface area contributed by atoms with Crippen molar-refractivity contribution >= 4 is 0 Å². The highest BCUT2D eigenvalue weighted by molar-refractivity contribution is 5.37. The number of hydrogen-bond acceptors (Lipinski definition) is 1. The Balaban J connectivity index is 1.86. The molecule has 1 aromatic rings. The Morgan fingerprint density at radius 2 is 2.17 bits per heavy atom. The number of ether oxygens (including phenoxy) is 1. The number of hydrogen-bond donors (Lipinski definition) is 2. The van der Waals surface area contributed by atoms with E-state index in [-0.39, 0.29) is 0 Å². The molecule has 2 aliphatic heterocycles. The molecule has 1 atom stereocenters. The molecule has 3 N–H and O–H groups in total. The summed E-state index contributed by atoms with van der Waals surface area (Å²) in [4.78, 5) is 1.79. The van der Waals surface area contributed by atoms with E-state index in [1.807, 2.05) is 6.92 Å². The Bertz CT molecular complexity index is 413. The monoisotopic (exact) mass is 248 g/mol. The highest BCUT2D eigenvalue weighted by Gasteiger charge is 2.33. The van der Waals surface area contributed by atoms with Crippen LogP contribution in [0.1, 0.15) is 36.9 Å². The lowest BCUT2D eigenvalue weighted by atomic mass is 9.95. The summed E-state index contributed by atoms with van der Waals surface area (Å²) < 4.78 is 5.61. The fraction of sp³-hybridized carbons (Fsp3) is 0.600. The predicted octanol–water partition coefficient (Wildman–Crippen LogP) is -0.118. The molecule has 2 aliphatic rings. The van der Waals surface area contributed by atoms with Crippen LogP contribution in [0.5, 0.6) is 5.75 Å². The molecule has 3 heteroatoms. The molecule has 18 heavy (non-hydrogen) atoms. The van der Waals surface area contributed by atoms with E-state index in [1.54, 1.807) is 10.5 Å². The molecule has 98 valence electrons. The lowest BCUT2D eigenvalue weighted by Gasteiger charge is -2.28. The summed E-state index contributed by atoms with van der Waals surface area (Å²) >= 11 is 0. The fourth-order valence-electron chi connectivity index (χ4n) is 3.45. The quantitative estimate of drug-likeness (QED) is 0.768. The highest BCUT2D eigenvalue weighted by Crippen LogP contribution is 2.23. The number of nitrogens with two attached hydrogens (primary N) is 1. The Kier molecular flexibility index (Phi) is 3.52. The molecule has 3 rings (SSSR count). The number of rotatable bonds is 3. The maximum Gasteiger partial charge on any atom is 0.163 e. The van der Waals surface area contributed by atoms with Crippen LogP contribution in [-0.2, 0) is 6.54 Å². The second kappa shape index (κ2) is 5.29. The molecule has 0 bridgehead atoms. The zero-order valence-corrected chi connectivity index (χ0v) is 11.2. The van der Waals surface area contributed by atoms with Crippen molar-refractivity contribution in [3.63, 3.8) is 0 Å². The first kappa shape index (κ1) is 12.0. The van der Waals surface area contributed by atoms with E-state index in [2.05, 4.69) is 23.5 Å². The Labute approximate surface area is 109 Å². The van der Waals surface area contributed by atoms with Gasteiger partial charge in [-0.2, -0.15) is 0 Å². The van der Waals surface area contributed by atoms with Crippen LogP contribution in [-0.4, -0.2) is 26.2 Å². The van der Waals surface area contributed by atoms with Crippen LogP contribution in [0, 0.1) is 0 Å². The molecule has 3 nitrogen and oxygen atoms in total. The molecule has 0 aromatic heterocycles. The standard InChI is InChI=1S/C15H22N2O/c1-2-18-13-5-6-14-12(9-13)10-16-11-15(14)17-7-3-4-8-17/h5-6,9,15-16H,2-4,7-8,10-11H2,1H3/p+2/t15-/m1/s1. The highest BCUT2D eigenvalue weighted by atomic mass is 16.5. The SMILES string of the molecule is CCOc1ccc2c(c1)C[NH2+]C[C@H]2[NH+]1CCCC1. The summed E-state index contributed by atoms with van der Waals surface area (Å²) in [5, 5.41) is 2.45. The van der Waals surface area contributed by atoms with E-state index >= 15 is 0 Å². The van der Waals surface area contributed by atoms with E-state index < -0.39 is 0 Å². The second-order valence-corrected chi connectivity index (χ2v) is 5.44. The predicted molar refractivity (Wildman–Crippen MR) is 70.8 cm³/mol. The Hall–Kier alpha value is -1.06. The van der Waals surface area contributed by atoms with Gasteiger partial charge in [-0.05, 0) is 25.1 Å². The third kappa shape index (κ3) is 2.25. The molecule has 0 spiro atoms. The minimum atomic E-state index is 0.701. The molecule has 1 aromatic carbocycles. The van der Waals surface area contributed by atoms with Gasteiger partial charge in [-0.25, -0.2) is 0 Å². The van der Waals surface area contributed by atoms with Gasteiger partial charge >= 0.3 is 0 Å². The van der Waals surface area contributed by atoms with Gasteiger partial charge in [-0.15, -0.1) is 0 Å². The molecule has 1 saturated heterocycles. The molecular weight excluding hydrogens is 224 g/mol. The van der Waals surface area contributed by atoms with Crippen molar-refractivity contribution in [1.29, 1.82) is 0 Å². The average molecular weight is 248 g/mol. The largest absolute Gasteiger partial charge is 0.494 e. The van der Waals surface area contributed by atoms with Crippen molar-refractivity contribution in [3.05, 3.63) is 29.3 Å². The number of likely N-dealkylation sites (tertiary alicyclic amines) is 1. The molecule has 1 fully saturated rings. The average Bonchev–Trinajstić information content (AvgIpc) is 2.92. The molecule has 0 amide bonds. The van der Waals surface area contributed by atoms with Gasteiger partial charge in [0.05, 0.1) is 19.7 Å². The van der Waals surface area contributed by atoms with Crippen molar-refractivity contribution in [2.45, 2.75) is 32.4 Å². The van der Waals surface area contributed by atoms with Gasteiger partial charge in [0, 0.05) is 24.0 Å². The van der Waals surface area contributed by atoms with Gasteiger partial charge in [0.25, 0.3) is 0 Å². The normalized spacial score (nSPS) is 23.9. The van der Waals surface area contributed by atoms with Crippen molar-refractivity contribution in [2.24, 2.45) is 0 Å². The van der Waals surface area contributed by atoms with E-state index in [1.165, 1.54) is 38.0 Å². The van der Waals surface area contributed by atoms with Crippen LogP contribution in [0.3, 0.4) is 0 Å². The first-order valence-corrected chi connectivity index (χ1v) is 7.30. The lowest BCUT2D eigenvalue weighted by molar-refractivity contribution is -0.937. The Morgan fingerprint density at radius 3 is 2.94 bits per heavy atom. The maximum atomic E-state index is 5.61. The molecule has 2 heterocycles. The van der Waals surface area contributed by atoms with Crippen LogP contribution in [0.15, 0.2) is 18.2 Å². The van der Waals surface area contributed by atoms with Gasteiger partial charge in [0.1, 0.15) is 18.8 Å². The topological polar surface area (TPSA) is 30.3 Å². The number of fused-ring (bicyclic) bond motifs is 1. The fourth-order valence-corrected chi connectivity index (χ4v) is 3.45. The van der Waals surface area contributed by atoms with E-state index in [4.69, 9.17) is 4.74 Å². The maximum absolute atomic E-state index is 5.61. The van der Waals surface area contributed by atoms with Crippen LogP contribution in [0.4, 0.5) is 0 Å². The van der Waals surface area contributed by atoms with Gasteiger partial charge in [0.2, 0.25) is 0 Å². The number of benzene rings is 1. The summed E-state index contributed by atoms with van der Waals surface area (Å²) in [7, 11) is 0. The smallest absolute Gasteiger partial charge is 0.163 e. The first-order chi connectivity index (χ1) is 8.88. The van der Waals surface area contributed by atoms with Crippen molar-refractivity contribution in [2.75, 3.05) is 26.2 Å². The zero-order chi connectivity index (χ0) is 12.4. The minimum Gasteiger partial charge on any atom is -0.494 e. The minimum absolute atomic E-state index is 0.701. The second-order valence-electron chi connectivity index (χ2n) is 5.44. The van der Waals surface area contributed by atoms with Crippen molar-refractivity contribution in [3.8, 4) is 5.75 Å². The molecule has 0 saturated carbocycles. The van der Waals surface area contributed by atoms with Gasteiger partial charge in [-0.1, -0.05) is 0 Å². The van der Waals surface area contributed by atoms with Crippen LogP contribution in [0.2, 0.25) is 0 Å². The van der Waals surface area contributed by atoms with Crippen LogP contribution in [0.25, 0.3) is 0 Å². The molecular formula is C15H24N2O+2. The van der Waals surface area contributed by atoms with Crippen LogP contribution < -0.4 is 15.0 Å². The zero-order valence-electron chi connectivity index (χ0n) is 11.2. The summed E-state index contributed by atoms with van der Waals surface area (Å²) in [6.45, 7) is 7.86. The van der Waals surface area contributed by atoms with Crippen molar-refractivity contribution in [1.82, 2.24) is 0 Å². The Morgan fingerprint density at radius 1 is 1.33 bits per heavy atom. The summed E-state index contributed by atoms with van der Waals surface area (Å²) in [6, 6.07) is 7.41.